The van der Waals surface area contributed by atoms with Gasteiger partial charge in [-0.25, -0.2) is 0 Å². The van der Waals surface area contributed by atoms with E-state index in [9.17, 15) is 4.57 Å². The summed E-state index contributed by atoms with van der Waals surface area (Å²) in [5, 5.41) is 3.57. The Kier molecular flexibility index (Phi) is 6.78. The highest BCUT2D eigenvalue weighted by atomic mass is 31.2. The molecule has 6 aromatic carbocycles. The summed E-state index contributed by atoms with van der Waals surface area (Å²) in [5.74, 6) is 1.63. The van der Waals surface area contributed by atoms with Gasteiger partial charge in [-0.05, 0) is 59.7 Å². The normalized spacial score (nSPS) is 15.4. The molecule has 6 heteroatoms. The molecule has 1 aromatic heterocycles. The monoisotopic (exact) mass is 619 g/mol. The maximum absolute atomic E-state index is 14.9. The van der Waals surface area contributed by atoms with Gasteiger partial charge in [0.15, 0.2) is 0 Å². The molecule has 0 bridgehead atoms. The van der Waals surface area contributed by atoms with Gasteiger partial charge in [-0.3, -0.25) is 4.57 Å². The van der Waals surface area contributed by atoms with Crippen LogP contribution in [-0.4, -0.2) is 18.8 Å². The second-order valence-corrected chi connectivity index (χ2v) is 13.5. The fourth-order valence-electron chi connectivity index (χ4n) is 6.48. The van der Waals surface area contributed by atoms with Gasteiger partial charge in [-0.1, -0.05) is 97.1 Å². The smallest absolute Gasteiger partial charge is 0.311 e. The summed E-state index contributed by atoms with van der Waals surface area (Å²) in [4.78, 5) is 0. The van der Waals surface area contributed by atoms with Gasteiger partial charge in [-0.2, -0.15) is 0 Å². The number of ether oxygens (including phenoxy) is 2. The summed E-state index contributed by atoms with van der Waals surface area (Å²) < 4.78 is 35.2. The molecule has 0 aliphatic carbocycles. The van der Waals surface area contributed by atoms with Crippen molar-refractivity contribution in [1.29, 1.82) is 0 Å². The third kappa shape index (κ3) is 4.43. The highest BCUT2D eigenvalue weighted by Crippen LogP contribution is 2.55. The number of rotatable bonds is 6. The Morgan fingerprint density at radius 3 is 1.91 bits per heavy atom. The van der Waals surface area contributed by atoms with Crippen molar-refractivity contribution in [2.75, 3.05) is 14.2 Å². The lowest BCUT2D eigenvalue weighted by Gasteiger charge is -2.30. The number of hydrogen-bond donors (Lipinski definition) is 0. The van der Waals surface area contributed by atoms with E-state index in [1.54, 1.807) is 20.3 Å². The molecular weight excluding hydrogens is 589 g/mol. The van der Waals surface area contributed by atoms with Gasteiger partial charge in [0.2, 0.25) is 0 Å². The fraction of sp³-hybridized carbons (Fsp3) is 0.0500. The maximum atomic E-state index is 14.9. The van der Waals surface area contributed by atoms with Crippen LogP contribution in [0.2, 0.25) is 0 Å². The molecule has 224 valence electrons. The number of aromatic nitrogens is 1. The minimum absolute atomic E-state index is 0.460. The minimum Gasteiger partial charge on any atom is -0.496 e. The van der Waals surface area contributed by atoms with Gasteiger partial charge < -0.3 is 18.6 Å². The van der Waals surface area contributed by atoms with Crippen molar-refractivity contribution >= 4 is 51.9 Å². The molecule has 46 heavy (non-hydrogen) atoms. The molecule has 0 fully saturated rings. The van der Waals surface area contributed by atoms with Crippen molar-refractivity contribution < 1.29 is 18.6 Å². The van der Waals surface area contributed by atoms with Crippen LogP contribution < -0.4 is 24.6 Å². The van der Waals surface area contributed by atoms with Crippen LogP contribution in [0.25, 0.3) is 50.8 Å². The van der Waals surface area contributed by atoms with Crippen LogP contribution in [0.4, 0.5) is 0 Å². The van der Waals surface area contributed by atoms with Crippen LogP contribution in [0.15, 0.2) is 133 Å². The van der Waals surface area contributed by atoms with E-state index in [0.29, 0.717) is 27.9 Å². The lowest BCUT2D eigenvalue weighted by atomic mass is 10.0. The topological polar surface area (TPSA) is 49.7 Å². The predicted molar refractivity (Wildman–Crippen MR) is 189 cm³/mol. The summed E-state index contributed by atoms with van der Waals surface area (Å²) >= 11 is 0. The molecule has 0 saturated heterocycles. The molecule has 1 aliphatic rings. The quantitative estimate of drug-likeness (QED) is 0.138. The summed E-state index contributed by atoms with van der Waals surface area (Å²) in [6.45, 7) is 0. The molecule has 0 spiro atoms. The fourth-order valence-corrected chi connectivity index (χ4v) is 8.90. The Morgan fingerprint density at radius 1 is 0.609 bits per heavy atom. The van der Waals surface area contributed by atoms with Crippen molar-refractivity contribution in [2.45, 2.75) is 0 Å². The molecule has 1 aliphatic heterocycles. The summed E-state index contributed by atoms with van der Waals surface area (Å²) in [7, 11) is -0.375. The molecule has 7 aromatic rings. The van der Waals surface area contributed by atoms with Crippen LogP contribution in [-0.2, 0) is 4.57 Å². The van der Waals surface area contributed by atoms with E-state index in [-0.39, 0.29) is 0 Å². The Hall–Kier alpha value is -5.51. The minimum atomic E-state index is -3.58. The Balaban J connectivity index is 1.16. The lowest BCUT2D eigenvalue weighted by Crippen LogP contribution is -2.26. The van der Waals surface area contributed by atoms with E-state index in [0.717, 1.165) is 27.9 Å². The largest absolute Gasteiger partial charge is 0.496 e. The van der Waals surface area contributed by atoms with Crippen molar-refractivity contribution in [3.8, 4) is 34.1 Å². The average Bonchev–Trinajstić information content (AvgIpc) is 3.45. The first kappa shape index (κ1) is 28.0. The maximum Gasteiger partial charge on any atom is 0.311 e. The summed E-state index contributed by atoms with van der Waals surface area (Å²) in [6.07, 6.45) is 4.03. The molecular formula is C40H30NO4P. The Bertz CT molecular complexity index is 2300. The van der Waals surface area contributed by atoms with E-state index >= 15 is 0 Å². The molecule has 2 heterocycles. The first-order chi connectivity index (χ1) is 22.6. The van der Waals surface area contributed by atoms with E-state index in [1.807, 2.05) is 66.7 Å². The molecule has 8 rings (SSSR count). The van der Waals surface area contributed by atoms with Crippen molar-refractivity contribution in [3.05, 3.63) is 145 Å². The van der Waals surface area contributed by atoms with E-state index in [2.05, 4.69) is 77.4 Å². The van der Waals surface area contributed by atoms with Crippen LogP contribution in [0.3, 0.4) is 0 Å². The molecule has 0 amide bonds. The first-order valence-electron chi connectivity index (χ1n) is 15.1. The zero-order valence-corrected chi connectivity index (χ0v) is 26.3. The Morgan fingerprint density at radius 2 is 1.22 bits per heavy atom. The van der Waals surface area contributed by atoms with Gasteiger partial charge in [0.1, 0.15) is 17.2 Å². The molecule has 1 atom stereocenters. The van der Waals surface area contributed by atoms with Gasteiger partial charge in [0, 0.05) is 27.6 Å². The van der Waals surface area contributed by atoms with Crippen molar-refractivity contribution in [3.63, 3.8) is 0 Å². The Labute approximate surface area is 267 Å². The summed E-state index contributed by atoms with van der Waals surface area (Å²) in [6, 6.07) is 44.5. The van der Waals surface area contributed by atoms with E-state index in [4.69, 9.17) is 14.0 Å². The molecule has 0 radical (unpaired) electrons. The van der Waals surface area contributed by atoms with Gasteiger partial charge in [-0.15, -0.1) is 0 Å². The zero-order valence-electron chi connectivity index (χ0n) is 25.4. The average molecular weight is 620 g/mol. The molecule has 5 nitrogen and oxygen atoms in total. The SMILES string of the molecule is COc1cc(P2(=O)Oc3ccccc3-c3ccccc32)c(OC)cc1/C=C/c1ccc(-n2c3ccccc3c3ccccc32)cc1. The van der Waals surface area contributed by atoms with Gasteiger partial charge in [0.05, 0.1) is 35.9 Å². The third-order valence-electron chi connectivity index (χ3n) is 8.66. The van der Waals surface area contributed by atoms with Crippen LogP contribution in [0, 0.1) is 0 Å². The molecule has 0 saturated carbocycles. The number of nitrogens with zero attached hydrogens (tertiary/aromatic N) is 1. The number of benzene rings is 6. The van der Waals surface area contributed by atoms with Gasteiger partial charge in [0.25, 0.3) is 0 Å². The number of methoxy groups -OCH3 is 2. The van der Waals surface area contributed by atoms with Crippen LogP contribution in [0.5, 0.6) is 17.2 Å². The van der Waals surface area contributed by atoms with E-state index in [1.165, 1.54) is 21.8 Å². The van der Waals surface area contributed by atoms with Gasteiger partial charge >= 0.3 is 7.37 Å². The highest BCUT2D eigenvalue weighted by Gasteiger charge is 2.40. The van der Waals surface area contributed by atoms with Crippen LogP contribution >= 0.6 is 7.37 Å². The zero-order chi connectivity index (χ0) is 31.3. The number of para-hydroxylation sites is 3. The third-order valence-corrected chi connectivity index (χ3v) is 11.1. The predicted octanol–water partition coefficient (Wildman–Crippen LogP) is 9.26. The van der Waals surface area contributed by atoms with Crippen LogP contribution in [0.1, 0.15) is 11.1 Å². The molecule has 0 N–H and O–H groups in total. The first-order valence-corrected chi connectivity index (χ1v) is 16.7. The second kappa shape index (κ2) is 11.1. The van der Waals surface area contributed by atoms with Crippen molar-refractivity contribution in [1.82, 2.24) is 4.57 Å². The van der Waals surface area contributed by atoms with Crippen molar-refractivity contribution in [2.24, 2.45) is 0 Å². The highest BCUT2D eigenvalue weighted by molar-refractivity contribution is 7.75. The lowest BCUT2D eigenvalue weighted by molar-refractivity contribution is 0.403. The number of fused-ring (bicyclic) bond motifs is 6. The van der Waals surface area contributed by atoms with E-state index < -0.39 is 7.37 Å². The standard InChI is InChI=1S/C40H30NO4P/c1-43-37-26-40(46(42)39-18-10-6-14-33(39)32-13-5-9-17-36(32)45-46)38(44-2)25-28(37)22-19-27-20-23-29(24-21-27)41-34-15-7-3-11-30(34)31-12-4-8-16-35(31)41/h3-26H,1-2H3/b22-19+. The number of hydrogen-bond acceptors (Lipinski definition) is 4. The molecule has 1 unspecified atom stereocenters. The summed E-state index contributed by atoms with van der Waals surface area (Å²) in [5.41, 5.74) is 7.08. The second-order valence-electron chi connectivity index (χ2n) is 11.2.